The van der Waals surface area contributed by atoms with E-state index in [1.165, 1.54) is 0 Å². The second kappa shape index (κ2) is 4.54. The molecule has 2 unspecified atom stereocenters. The standard InChI is InChI=1S/C13H17N3O3/c1-13(18)3-2-11(10-6-14-4-5-15-10)16(13)12(17)9-7-19-8-9/h4-6,9,11,18H,2-3,7-8H2,1H3. The van der Waals surface area contributed by atoms with Crippen molar-refractivity contribution in [3.8, 4) is 0 Å². The number of aliphatic hydroxyl groups is 1. The number of carbonyl (C=O) groups is 1. The minimum Gasteiger partial charge on any atom is -0.380 e. The third kappa shape index (κ3) is 2.11. The van der Waals surface area contributed by atoms with Gasteiger partial charge < -0.3 is 14.7 Å². The molecule has 0 aliphatic carbocycles. The Hall–Kier alpha value is -1.53. The average molecular weight is 263 g/mol. The van der Waals surface area contributed by atoms with E-state index in [0.717, 1.165) is 5.69 Å². The van der Waals surface area contributed by atoms with Crippen molar-refractivity contribution in [2.75, 3.05) is 13.2 Å². The number of aromatic nitrogens is 2. The molecule has 6 nitrogen and oxygen atoms in total. The Morgan fingerprint density at radius 3 is 2.89 bits per heavy atom. The van der Waals surface area contributed by atoms with Gasteiger partial charge >= 0.3 is 0 Å². The highest BCUT2D eigenvalue weighted by atomic mass is 16.5. The fraction of sp³-hybridized carbons (Fsp3) is 0.615. The molecule has 19 heavy (non-hydrogen) atoms. The molecule has 6 heteroatoms. The first-order valence-corrected chi connectivity index (χ1v) is 6.49. The van der Waals surface area contributed by atoms with E-state index in [0.29, 0.717) is 26.1 Å². The lowest BCUT2D eigenvalue weighted by Crippen LogP contribution is -2.52. The Bertz CT molecular complexity index is 473. The summed E-state index contributed by atoms with van der Waals surface area (Å²) < 4.78 is 5.07. The van der Waals surface area contributed by atoms with Gasteiger partial charge in [0, 0.05) is 12.4 Å². The van der Waals surface area contributed by atoms with E-state index in [9.17, 15) is 9.90 Å². The minimum atomic E-state index is -1.12. The van der Waals surface area contributed by atoms with Gasteiger partial charge in [-0.3, -0.25) is 14.8 Å². The lowest BCUT2D eigenvalue weighted by Gasteiger charge is -2.38. The van der Waals surface area contributed by atoms with Crippen molar-refractivity contribution in [2.24, 2.45) is 5.92 Å². The molecule has 1 amide bonds. The molecule has 0 spiro atoms. The summed E-state index contributed by atoms with van der Waals surface area (Å²) in [7, 11) is 0. The summed E-state index contributed by atoms with van der Waals surface area (Å²) in [5, 5.41) is 10.4. The Morgan fingerprint density at radius 1 is 1.53 bits per heavy atom. The van der Waals surface area contributed by atoms with Crippen molar-refractivity contribution < 1.29 is 14.6 Å². The molecule has 3 heterocycles. The smallest absolute Gasteiger partial charge is 0.233 e. The summed E-state index contributed by atoms with van der Waals surface area (Å²) in [5.41, 5.74) is -0.386. The van der Waals surface area contributed by atoms with Crippen LogP contribution in [-0.4, -0.2) is 44.8 Å². The molecule has 1 aromatic heterocycles. The second-order valence-corrected chi connectivity index (χ2v) is 5.34. The molecule has 2 saturated heterocycles. The zero-order valence-electron chi connectivity index (χ0n) is 10.8. The van der Waals surface area contributed by atoms with Crippen molar-refractivity contribution >= 4 is 5.91 Å². The molecule has 1 aromatic rings. The van der Waals surface area contributed by atoms with Gasteiger partial charge in [-0.25, -0.2) is 0 Å². The topological polar surface area (TPSA) is 75.6 Å². The normalized spacial score (nSPS) is 31.3. The van der Waals surface area contributed by atoms with E-state index in [-0.39, 0.29) is 17.9 Å². The largest absolute Gasteiger partial charge is 0.380 e. The summed E-state index contributed by atoms with van der Waals surface area (Å²) in [5.74, 6) is -0.187. The number of ether oxygens (including phenoxy) is 1. The quantitative estimate of drug-likeness (QED) is 0.840. The first-order chi connectivity index (χ1) is 9.09. The highest BCUT2D eigenvalue weighted by molar-refractivity contribution is 5.81. The Kier molecular flexibility index (Phi) is 2.99. The summed E-state index contributed by atoms with van der Waals surface area (Å²) in [6.07, 6.45) is 6.11. The van der Waals surface area contributed by atoms with Crippen LogP contribution in [0, 0.1) is 5.92 Å². The minimum absolute atomic E-state index is 0.0515. The van der Waals surface area contributed by atoms with Crippen molar-refractivity contribution in [3.63, 3.8) is 0 Å². The zero-order chi connectivity index (χ0) is 13.5. The van der Waals surface area contributed by atoms with Gasteiger partial charge in [-0.1, -0.05) is 0 Å². The average Bonchev–Trinajstić information content (AvgIpc) is 2.64. The van der Waals surface area contributed by atoms with Gasteiger partial charge in [0.05, 0.1) is 37.1 Å². The van der Waals surface area contributed by atoms with Gasteiger partial charge in [0.15, 0.2) is 0 Å². The predicted molar refractivity (Wildman–Crippen MR) is 65.8 cm³/mol. The predicted octanol–water partition coefficient (Wildman–Crippen LogP) is 0.495. The molecule has 0 radical (unpaired) electrons. The number of nitrogens with zero attached hydrogens (tertiary/aromatic N) is 3. The van der Waals surface area contributed by atoms with Crippen LogP contribution in [-0.2, 0) is 9.53 Å². The maximum Gasteiger partial charge on any atom is 0.233 e. The molecule has 0 bridgehead atoms. The number of hydrogen-bond acceptors (Lipinski definition) is 5. The molecule has 2 aliphatic heterocycles. The Balaban J connectivity index is 1.89. The van der Waals surface area contributed by atoms with E-state index >= 15 is 0 Å². The van der Waals surface area contributed by atoms with Crippen LogP contribution in [0.3, 0.4) is 0 Å². The summed E-state index contributed by atoms with van der Waals surface area (Å²) in [4.78, 5) is 22.3. The van der Waals surface area contributed by atoms with E-state index < -0.39 is 5.72 Å². The van der Waals surface area contributed by atoms with Crippen molar-refractivity contribution in [2.45, 2.75) is 31.5 Å². The third-order valence-corrected chi connectivity index (χ3v) is 3.87. The molecular formula is C13H17N3O3. The van der Waals surface area contributed by atoms with Crippen molar-refractivity contribution in [3.05, 3.63) is 24.3 Å². The van der Waals surface area contributed by atoms with Crippen LogP contribution in [0.25, 0.3) is 0 Å². The van der Waals surface area contributed by atoms with Crippen LogP contribution < -0.4 is 0 Å². The van der Waals surface area contributed by atoms with Crippen molar-refractivity contribution in [1.29, 1.82) is 0 Å². The lowest BCUT2D eigenvalue weighted by atomic mass is 10.0. The number of carbonyl (C=O) groups excluding carboxylic acids is 1. The second-order valence-electron chi connectivity index (χ2n) is 5.34. The number of hydrogen-bond donors (Lipinski definition) is 1. The van der Waals surface area contributed by atoms with Crippen LogP contribution >= 0.6 is 0 Å². The van der Waals surface area contributed by atoms with Crippen LogP contribution in [0.15, 0.2) is 18.6 Å². The Labute approximate surface area is 111 Å². The molecule has 0 aromatic carbocycles. The summed E-state index contributed by atoms with van der Waals surface area (Å²) in [6, 6.07) is -0.197. The first kappa shape index (κ1) is 12.5. The molecule has 3 rings (SSSR count). The lowest BCUT2D eigenvalue weighted by molar-refractivity contribution is -0.171. The fourth-order valence-electron chi connectivity index (χ4n) is 2.72. The van der Waals surface area contributed by atoms with E-state index in [1.807, 2.05) is 0 Å². The van der Waals surface area contributed by atoms with Crippen LogP contribution in [0.2, 0.25) is 0 Å². The van der Waals surface area contributed by atoms with Crippen LogP contribution in [0.5, 0.6) is 0 Å². The van der Waals surface area contributed by atoms with Crippen molar-refractivity contribution in [1.82, 2.24) is 14.9 Å². The molecule has 0 saturated carbocycles. The third-order valence-electron chi connectivity index (χ3n) is 3.87. The Morgan fingerprint density at radius 2 is 2.32 bits per heavy atom. The monoisotopic (exact) mass is 263 g/mol. The number of amides is 1. The van der Waals surface area contributed by atoms with Gasteiger partial charge in [0.25, 0.3) is 0 Å². The molecule has 2 atom stereocenters. The van der Waals surface area contributed by atoms with Gasteiger partial charge in [0.1, 0.15) is 5.72 Å². The maximum absolute atomic E-state index is 12.5. The van der Waals surface area contributed by atoms with Gasteiger partial charge in [-0.05, 0) is 19.8 Å². The van der Waals surface area contributed by atoms with Crippen LogP contribution in [0.4, 0.5) is 0 Å². The zero-order valence-corrected chi connectivity index (χ0v) is 10.8. The number of rotatable bonds is 2. The van der Waals surface area contributed by atoms with E-state index in [4.69, 9.17) is 4.74 Å². The highest BCUT2D eigenvalue weighted by Gasteiger charge is 2.48. The summed E-state index contributed by atoms with van der Waals surface area (Å²) >= 11 is 0. The molecule has 2 aliphatic rings. The summed E-state index contributed by atoms with van der Waals surface area (Å²) in [6.45, 7) is 2.57. The number of likely N-dealkylation sites (tertiary alicyclic amines) is 1. The van der Waals surface area contributed by atoms with E-state index in [1.54, 1.807) is 30.4 Å². The fourth-order valence-corrected chi connectivity index (χ4v) is 2.72. The van der Waals surface area contributed by atoms with Gasteiger partial charge in [-0.15, -0.1) is 0 Å². The SMILES string of the molecule is CC1(O)CCC(c2cnccn2)N1C(=O)C1COC1. The molecule has 1 N–H and O–H groups in total. The van der Waals surface area contributed by atoms with Crippen LogP contribution in [0.1, 0.15) is 31.5 Å². The molecule has 2 fully saturated rings. The molecule has 102 valence electrons. The molecular weight excluding hydrogens is 246 g/mol. The van der Waals surface area contributed by atoms with Gasteiger partial charge in [0.2, 0.25) is 5.91 Å². The highest BCUT2D eigenvalue weighted by Crippen LogP contribution is 2.41. The van der Waals surface area contributed by atoms with E-state index in [2.05, 4.69) is 9.97 Å². The van der Waals surface area contributed by atoms with Gasteiger partial charge in [-0.2, -0.15) is 0 Å². The maximum atomic E-state index is 12.5. The first-order valence-electron chi connectivity index (χ1n) is 6.49.